The number of sulfonamides is 1. The van der Waals surface area contributed by atoms with Crippen LogP contribution in [0.25, 0.3) is 0 Å². The number of rotatable bonds is 9. The van der Waals surface area contributed by atoms with Crippen molar-refractivity contribution in [3.05, 3.63) is 107 Å². The molecule has 1 N–H and O–H groups in total. The number of nitrogens with one attached hydrogen (secondary N) is 1. The van der Waals surface area contributed by atoms with Crippen LogP contribution in [-0.4, -0.2) is 28.0 Å². The lowest BCUT2D eigenvalue weighted by molar-refractivity contribution is -0.114. The van der Waals surface area contributed by atoms with Crippen molar-refractivity contribution >= 4 is 38.9 Å². The zero-order valence-corrected chi connectivity index (χ0v) is 22.7. The highest BCUT2D eigenvalue weighted by atomic mass is 35.5. The lowest BCUT2D eigenvalue weighted by atomic mass is 10.1. The zero-order chi connectivity index (χ0) is 27.3. The second kappa shape index (κ2) is 11.6. The van der Waals surface area contributed by atoms with Crippen molar-refractivity contribution < 1.29 is 22.7 Å². The van der Waals surface area contributed by atoms with Crippen molar-refractivity contribution in [2.75, 3.05) is 23.3 Å². The molecule has 0 atom stereocenters. The fraction of sp³-hybridized carbons (Fsp3) is 0.138. The van der Waals surface area contributed by atoms with E-state index in [1.165, 1.54) is 25.3 Å². The Labute approximate surface area is 227 Å². The molecule has 196 valence electrons. The number of hydrogen-bond donors (Lipinski definition) is 1. The standard InChI is InChI=1S/C29H27ClN2O5S/c1-20-13-15-23(17-21(20)2)32(38(34,35)24-9-5-4-6-10-24)19-29(33)31-25-18-22(30)14-16-26(25)37-28-12-8-7-11-27(28)36-3/h4-18H,19H2,1-3H3,(H,31,33). The van der Waals surface area contributed by atoms with Crippen molar-refractivity contribution in [2.24, 2.45) is 0 Å². The molecule has 0 aliphatic carbocycles. The number of nitrogens with zero attached hydrogens (tertiary/aromatic N) is 1. The molecule has 0 radical (unpaired) electrons. The van der Waals surface area contributed by atoms with Gasteiger partial charge >= 0.3 is 0 Å². The largest absolute Gasteiger partial charge is 0.493 e. The molecule has 4 aromatic carbocycles. The summed E-state index contributed by atoms with van der Waals surface area (Å²) in [6.45, 7) is 3.35. The molecule has 0 bridgehead atoms. The highest BCUT2D eigenvalue weighted by molar-refractivity contribution is 7.92. The number of carbonyl (C=O) groups excluding carboxylic acids is 1. The Bertz CT molecular complexity index is 1560. The molecule has 0 fully saturated rings. The Morgan fingerprint density at radius 1 is 0.842 bits per heavy atom. The Balaban J connectivity index is 1.66. The molecule has 0 aromatic heterocycles. The van der Waals surface area contributed by atoms with Crippen LogP contribution in [-0.2, 0) is 14.8 Å². The molecule has 9 heteroatoms. The van der Waals surface area contributed by atoms with Crippen molar-refractivity contribution in [3.8, 4) is 17.2 Å². The van der Waals surface area contributed by atoms with Crippen LogP contribution in [0.5, 0.6) is 17.2 Å². The number of ether oxygens (including phenoxy) is 2. The molecule has 0 saturated heterocycles. The predicted molar refractivity (Wildman–Crippen MR) is 150 cm³/mol. The third-order valence-corrected chi connectivity index (χ3v) is 7.92. The summed E-state index contributed by atoms with van der Waals surface area (Å²) in [6.07, 6.45) is 0. The first-order chi connectivity index (χ1) is 18.2. The van der Waals surface area contributed by atoms with Crippen LogP contribution >= 0.6 is 11.6 Å². The zero-order valence-electron chi connectivity index (χ0n) is 21.1. The summed E-state index contributed by atoms with van der Waals surface area (Å²) < 4.78 is 39.7. The summed E-state index contributed by atoms with van der Waals surface area (Å²) in [7, 11) is -2.52. The van der Waals surface area contributed by atoms with E-state index in [0.29, 0.717) is 28.0 Å². The van der Waals surface area contributed by atoms with E-state index in [4.69, 9.17) is 21.1 Å². The number of hydrogen-bond acceptors (Lipinski definition) is 5. The number of carbonyl (C=O) groups is 1. The number of amides is 1. The topological polar surface area (TPSA) is 84.9 Å². The molecule has 0 unspecified atom stereocenters. The average Bonchev–Trinajstić information content (AvgIpc) is 2.91. The number of para-hydroxylation sites is 2. The van der Waals surface area contributed by atoms with Gasteiger partial charge < -0.3 is 14.8 Å². The molecule has 0 aliphatic rings. The van der Waals surface area contributed by atoms with Crippen LogP contribution in [0.2, 0.25) is 5.02 Å². The van der Waals surface area contributed by atoms with Gasteiger partial charge in [0.1, 0.15) is 6.54 Å². The average molecular weight is 551 g/mol. The first-order valence-corrected chi connectivity index (χ1v) is 13.6. The minimum Gasteiger partial charge on any atom is -0.493 e. The minimum absolute atomic E-state index is 0.0778. The molecule has 0 aliphatic heterocycles. The van der Waals surface area contributed by atoms with Crippen LogP contribution in [0.4, 0.5) is 11.4 Å². The summed E-state index contributed by atoms with van der Waals surface area (Å²) in [5.74, 6) is 0.691. The first kappa shape index (κ1) is 27.0. The van der Waals surface area contributed by atoms with E-state index in [0.717, 1.165) is 15.4 Å². The molecule has 1 amide bonds. The molecular formula is C29H27ClN2O5S. The highest BCUT2D eigenvalue weighted by Gasteiger charge is 2.28. The molecule has 0 saturated carbocycles. The normalized spacial score (nSPS) is 11.1. The Kier molecular flexibility index (Phi) is 8.24. The molecule has 0 spiro atoms. The van der Waals surface area contributed by atoms with Crippen molar-refractivity contribution in [2.45, 2.75) is 18.7 Å². The van der Waals surface area contributed by atoms with Crippen molar-refractivity contribution in [3.63, 3.8) is 0 Å². The van der Waals surface area contributed by atoms with Gasteiger partial charge in [-0.25, -0.2) is 8.42 Å². The van der Waals surface area contributed by atoms with Crippen LogP contribution in [0.15, 0.2) is 95.9 Å². The molecule has 7 nitrogen and oxygen atoms in total. The van der Waals surface area contributed by atoms with Gasteiger partial charge in [-0.1, -0.05) is 48.0 Å². The van der Waals surface area contributed by atoms with Gasteiger partial charge in [-0.15, -0.1) is 0 Å². The highest BCUT2D eigenvalue weighted by Crippen LogP contribution is 2.36. The van der Waals surface area contributed by atoms with E-state index in [1.807, 2.05) is 26.0 Å². The molecule has 4 rings (SSSR count). The number of methoxy groups -OCH3 is 1. The van der Waals surface area contributed by atoms with Crippen molar-refractivity contribution in [1.82, 2.24) is 0 Å². The van der Waals surface area contributed by atoms with E-state index >= 15 is 0 Å². The predicted octanol–water partition coefficient (Wildman–Crippen LogP) is 6.59. The van der Waals surface area contributed by atoms with Gasteiger partial charge in [0.25, 0.3) is 10.0 Å². The fourth-order valence-electron chi connectivity index (χ4n) is 3.75. The number of halogens is 1. The molecular weight excluding hydrogens is 524 g/mol. The second-order valence-corrected chi connectivity index (χ2v) is 10.8. The van der Waals surface area contributed by atoms with Crippen LogP contribution < -0.4 is 19.1 Å². The Morgan fingerprint density at radius 2 is 1.53 bits per heavy atom. The van der Waals surface area contributed by atoms with E-state index in [1.54, 1.807) is 60.7 Å². The first-order valence-electron chi connectivity index (χ1n) is 11.7. The summed E-state index contributed by atoms with van der Waals surface area (Å²) in [4.78, 5) is 13.4. The van der Waals surface area contributed by atoms with Gasteiger partial charge in [0.05, 0.1) is 23.4 Å². The lowest BCUT2D eigenvalue weighted by Gasteiger charge is -2.25. The number of benzene rings is 4. The third kappa shape index (κ3) is 6.10. The van der Waals surface area contributed by atoms with E-state index in [-0.39, 0.29) is 10.6 Å². The van der Waals surface area contributed by atoms with Crippen LogP contribution in [0, 0.1) is 13.8 Å². The van der Waals surface area contributed by atoms with Gasteiger partial charge in [-0.05, 0) is 79.6 Å². The third-order valence-electron chi connectivity index (χ3n) is 5.90. The van der Waals surface area contributed by atoms with Gasteiger partial charge in [0.2, 0.25) is 5.91 Å². The Morgan fingerprint density at radius 3 is 2.21 bits per heavy atom. The van der Waals surface area contributed by atoms with Crippen LogP contribution in [0.3, 0.4) is 0 Å². The fourth-order valence-corrected chi connectivity index (χ4v) is 5.35. The maximum absolute atomic E-state index is 13.6. The monoisotopic (exact) mass is 550 g/mol. The van der Waals surface area contributed by atoms with Crippen molar-refractivity contribution in [1.29, 1.82) is 0 Å². The van der Waals surface area contributed by atoms with Gasteiger partial charge in [-0.3, -0.25) is 9.10 Å². The summed E-state index contributed by atoms with van der Waals surface area (Å²) >= 11 is 6.21. The second-order valence-electron chi connectivity index (χ2n) is 8.53. The summed E-state index contributed by atoms with van der Waals surface area (Å²) in [6, 6.07) is 25.1. The SMILES string of the molecule is COc1ccccc1Oc1ccc(Cl)cc1NC(=O)CN(c1ccc(C)c(C)c1)S(=O)(=O)c1ccccc1. The number of anilines is 2. The minimum atomic E-state index is -4.05. The molecule has 4 aromatic rings. The van der Waals surface area contributed by atoms with Gasteiger partial charge in [-0.2, -0.15) is 0 Å². The van der Waals surface area contributed by atoms with Crippen LogP contribution in [0.1, 0.15) is 11.1 Å². The Hall–Kier alpha value is -4.01. The van der Waals surface area contributed by atoms with E-state index in [2.05, 4.69) is 5.32 Å². The van der Waals surface area contributed by atoms with E-state index < -0.39 is 22.5 Å². The summed E-state index contributed by atoms with van der Waals surface area (Å²) in [5, 5.41) is 3.13. The summed E-state index contributed by atoms with van der Waals surface area (Å²) in [5.41, 5.74) is 2.57. The van der Waals surface area contributed by atoms with E-state index in [9.17, 15) is 13.2 Å². The van der Waals surface area contributed by atoms with Gasteiger partial charge in [0, 0.05) is 5.02 Å². The lowest BCUT2D eigenvalue weighted by Crippen LogP contribution is -2.38. The maximum Gasteiger partial charge on any atom is 0.264 e. The number of aryl methyl sites for hydroxylation is 2. The van der Waals surface area contributed by atoms with Gasteiger partial charge in [0.15, 0.2) is 17.2 Å². The smallest absolute Gasteiger partial charge is 0.264 e. The maximum atomic E-state index is 13.6. The molecule has 38 heavy (non-hydrogen) atoms. The molecule has 0 heterocycles. The quantitative estimate of drug-likeness (QED) is 0.254.